The highest BCUT2D eigenvalue weighted by molar-refractivity contribution is 6.30. The van der Waals surface area contributed by atoms with E-state index in [2.05, 4.69) is 12.1 Å². The summed E-state index contributed by atoms with van der Waals surface area (Å²) >= 11 is 5.98. The normalized spacial score (nSPS) is 21.3. The summed E-state index contributed by atoms with van der Waals surface area (Å²) < 4.78 is 0. The number of Topliss-reactive ketones (excluding diaryl/α,β-unsaturated/α-hetero) is 1. The lowest BCUT2D eigenvalue weighted by molar-refractivity contribution is -0.118. The molecule has 3 aromatic rings. The van der Waals surface area contributed by atoms with Crippen LogP contribution in [0.2, 0.25) is 5.02 Å². The van der Waals surface area contributed by atoms with Gasteiger partial charge in [-0.1, -0.05) is 72.3 Å². The average molecular weight is 439 g/mol. The first-order valence-corrected chi connectivity index (χ1v) is 10.5. The van der Waals surface area contributed by atoms with Gasteiger partial charge in [-0.2, -0.15) is 10.5 Å². The molecule has 156 valence electrons. The van der Waals surface area contributed by atoms with E-state index in [4.69, 9.17) is 11.6 Å². The maximum Gasteiger partial charge on any atom is 0.164 e. The monoisotopic (exact) mass is 438 g/mol. The van der Waals surface area contributed by atoms with E-state index in [0.29, 0.717) is 16.1 Å². The Morgan fingerprint density at radius 3 is 1.94 bits per heavy atom. The van der Waals surface area contributed by atoms with Crippen LogP contribution in [0.25, 0.3) is 5.76 Å². The van der Waals surface area contributed by atoms with Gasteiger partial charge in [-0.3, -0.25) is 4.79 Å². The van der Waals surface area contributed by atoms with Crippen LogP contribution in [0.4, 0.5) is 0 Å². The third-order valence-corrected chi connectivity index (χ3v) is 6.31. The van der Waals surface area contributed by atoms with Gasteiger partial charge in [-0.05, 0) is 35.4 Å². The van der Waals surface area contributed by atoms with Crippen molar-refractivity contribution in [3.63, 3.8) is 0 Å². The Hall–Kier alpha value is -3.86. The second kappa shape index (κ2) is 8.71. The van der Waals surface area contributed by atoms with E-state index in [0.717, 1.165) is 5.56 Å². The predicted octanol–water partition coefficient (Wildman–Crippen LogP) is 6.18. The number of benzene rings is 3. The van der Waals surface area contributed by atoms with Crippen LogP contribution in [0.5, 0.6) is 0 Å². The number of nitrogens with zero attached hydrogens (tertiary/aromatic N) is 2. The topological polar surface area (TPSA) is 84.9 Å². The van der Waals surface area contributed by atoms with Gasteiger partial charge in [0.15, 0.2) is 11.2 Å². The van der Waals surface area contributed by atoms with Crippen LogP contribution in [-0.2, 0) is 4.79 Å². The largest absolute Gasteiger partial charge is 0.507 e. The second-order valence-corrected chi connectivity index (χ2v) is 8.23. The first-order valence-electron chi connectivity index (χ1n) is 10.2. The molecule has 0 amide bonds. The molecule has 0 unspecified atom stereocenters. The van der Waals surface area contributed by atoms with Crippen LogP contribution in [0.3, 0.4) is 0 Å². The number of hydrogen-bond acceptors (Lipinski definition) is 4. The maximum absolute atomic E-state index is 13.5. The highest BCUT2D eigenvalue weighted by Gasteiger charge is 2.56. The van der Waals surface area contributed by atoms with Gasteiger partial charge in [-0.15, -0.1) is 0 Å². The van der Waals surface area contributed by atoms with Crippen LogP contribution >= 0.6 is 11.6 Å². The molecule has 3 aromatic carbocycles. The predicted molar refractivity (Wildman–Crippen MR) is 123 cm³/mol. The summed E-state index contributed by atoms with van der Waals surface area (Å²) in [6, 6.07) is 29.1. The Bertz CT molecular complexity index is 1240. The van der Waals surface area contributed by atoms with E-state index < -0.39 is 17.3 Å². The van der Waals surface area contributed by atoms with Crippen molar-refractivity contribution in [2.75, 3.05) is 0 Å². The summed E-state index contributed by atoms with van der Waals surface area (Å²) in [5.74, 6) is -2.10. The van der Waals surface area contributed by atoms with Crippen LogP contribution in [-0.4, -0.2) is 10.9 Å². The van der Waals surface area contributed by atoms with Crippen LogP contribution in [0.1, 0.15) is 34.9 Å². The van der Waals surface area contributed by atoms with Crippen molar-refractivity contribution in [1.82, 2.24) is 0 Å². The number of aliphatic hydroxyl groups is 1. The molecule has 2 atom stereocenters. The molecule has 0 bridgehead atoms. The fourth-order valence-electron chi connectivity index (χ4n) is 4.53. The SMILES string of the molecule is N#CC1(C#N)[C@@H](c2ccccc2)CC(=O)/C(=C(/O)c2ccc(Cl)cc2)[C@@H]1c1ccccc1. The van der Waals surface area contributed by atoms with E-state index in [-0.39, 0.29) is 23.5 Å². The van der Waals surface area contributed by atoms with Crippen molar-refractivity contribution in [2.24, 2.45) is 5.41 Å². The summed E-state index contributed by atoms with van der Waals surface area (Å²) in [5.41, 5.74) is 0.261. The van der Waals surface area contributed by atoms with Crippen molar-refractivity contribution in [1.29, 1.82) is 10.5 Å². The molecule has 0 radical (unpaired) electrons. The quantitative estimate of drug-likeness (QED) is 0.390. The highest BCUT2D eigenvalue weighted by Crippen LogP contribution is 2.56. The van der Waals surface area contributed by atoms with Gasteiger partial charge in [0.05, 0.1) is 12.1 Å². The Morgan fingerprint density at radius 1 is 0.875 bits per heavy atom. The third-order valence-electron chi connectivity index (χ3n) is 6.06. The standard InChI is InChI=1S/C27H19ClN2O2/c28-21-13-11-20(12-14-21)26(32)24-23(31)15-22(18-7-3-1-4-8-18)27(16-29,17-30)25(24)19-9-5-2-6-10-19/h1-14,22,25,32H,15H2/b26-24-/t22-,25+/m1/s1. The van der Waals surface area contributed by atoms with Crippen LogP contribution in [0, 0.1) is 28.1 Å². The molecule has 32 heavy (non-hydrogen) atoms. The highest BCUT2D eigenvalue weighted by atomic mass is 35.5. The molecule has 0 aliphatic heterocycles. The Balaban J connectivity index is 2.01. The molecule has 1 saturated carbocycles. The fourth-order valence-corrected chi connectivity index (χ4v) is 4.66. The molecule has 0 spiro atoms. The van der Waals surface area contributed by atoms with Crippen molar-refractivity contribution < 1.29 is 9.90 Å². The van der Waals surface area contributed by atoms with E-state index in [9.17, 15) is 20.4 Å². The summed E-state index contributed by atoms with van der Waals surface area (Å²) in [6.45, 7) is 0. The minimum absolute atomic E-state index is 0.0541. The molecule has 4 nitrogen and oxygen atoms in total. The number of hydrogen-bond donors (Lipinski definition) is 1. The molecule has 1 aliphatic carbocycles. The van der Waals surface area contributed by atoms with Crippen molar-refractivity contribution in [2.45, 2.75) is 18.3 Å². The number of halogens is 1. The van der Waals surface area contributed by atoms with Gasteiger partial charge in [0.1, 0.15) is 5.76 Å². The summed E-state index contributed by atoms with van der Waals surface area (Å²) in [4.78, 5) is 13.5. The zero-order valence-corrected chi connectivity index (χ0v) is 17.8. The number of carbonyl (C=O) groups excluding carboxylic acids is 1. The van der Waals surface area contributed by atoms with Crippen molar-refractivity contribution in [3.8, 4) is 12.1 Å². The second-order valence-electron chi connectivity index (χ2n) is 7.80. The van der Waals surface area contributed by atoms with E-state index in [1.165, 1.54) is 0 Å². The number of rotatable bonds is 3. The lowest BCUT2D eigenvalue weighted by Crippen LogP contribution is -2.42. The molecule has 0 heterocycles. The maximum atomic E-state index is 13.5. The van der Waals surface area contributed by atoms with Gasteiger partial charge in [0.25, 0.3) is 0 Å². The van der Waals surface area contributed by atoms with E-state index in [1.807, 2.05) is 36.4 Å². The number of aliphatic hydroxyl groups excluding tert-OH is 1. The molecule has 5 heteroatoms. The first-order chi connectivity index (χ1) is 15.5. The van der Waals surface area contributed by atoms with Gasteiger partial charge in [0, 0.05) is 34.4 Å². The molecular formula is C27H19ClN2O2. The molecule has 4 rings (SSSR count). The summed E-state index contributed by atoms with van der Waals surface area (Å²) in [7, 11) is 0. The van der Waals surface area contributed by atoms with Crippen molar-refractivity contribution >= 4 is 23.1 Å². The molecule has 0 aromatic heterocycles. The van der Waals surface area contributed by atoms with Gasteiger partial charge in [0.2, 0.25) is 0 Å². The smallest absolute Gasteiger partial charge is 0.164 e. The number of ketones is 1. The number of nitriles is 2. The van der Waals surface area contributed by atoms with Crippen LogP contribution < -0.4 is 0 Å². The van der Waals surface area contributed by atoms with Crippen LogP contribution in [0.15, 0.2) is 90.5 Å². The average Bonchev–Trinajstić information content (AvgIpc) is 2.84. The third kappa shape index (κ3) is 3.56. The Morgan fingerprint density at radius 2 is 1.41 bits per heavy atom. The van der Waals surface area contributed by atoms with Gasteiger partial charge in [-0.25, -0.2) is 0 Å². The van der Waals surface area contributed by atoms with E-state index in [1.54, 1.807) is 48.5 Å². The minimum atomic E-state index is -1.59. The summed E-state index contributed by atoms with van der Waals surface area (Å²) in [6.07, 6.45) is -0.0541. The molecule has 0 saturated heterocycles. The van der Waals surface area contributed by atoms with Gasteiger partial charge < -0.3 is 5.11 Å². The minimum Gasteiger partial charge on any atom is -0.507 e. The fraction of sp³-hybridized carbons (Fsp3) is 0.148. The zero-order chi connectivity index (χ0) is 22.7. The van der Waals surface area contributed by atoms with E-state index >= 15 is 0 Å². The van der Waals surface area contributed by atoms with Crippen molar-refractivity contribution in [3.05, 3.63) is 112 Å². The Labute approximate surface area is 191 Å². The first kappa shape index (κ1) is 21.4. The number of carbonyl (C=O) groups is 1. The lowest BCUT2D eigenvalue weighted by Gasteiger charge is -2.41. The molecule has 1 aliphatic rings. The molecule has 1 fully saturated rings. The Kier molecular flexibility index (Phi) is 5.82. The number of allylic oxidation sites excluding steroid dienone is 1. The molecule has 1 N–H and O–H groups in total. The zero-order valence-electron chi connectivity index (χ0n) is 17.1. The lowest BCUT2D eigenvalue weighted by atomic mass is 9.55. The summed E-state index contributed by atoms with van der Waals surface area (Å²) in [5, 5.41) is 32.5. The molecular weight excluding hydrogens is 420 g/mol. The van der Waals surface area contributed by atoms with Gasteiger partial charge >= 0.3 is 0 Å².